The summed E-state index contributed by atoms with van der Waals surface area (Å²) in [6.45, 7) is 7.81. The number of carbonyl (C=O) groups excluding carboxylic acids is 1. The third-order valence-electron chi connectivity index (χ3n) is 4.30. The number of aliphatic hydroxyl groups is 1. The zero-order valence-electron chi connectivity index (χ0n) is 14.2. The molecule has 0 radical (unpaired) electrons. The Morgan fingerprint density at radius 3 is 2.13 bits per heavy atom. The van der Waals surface area contributed by atoms with Gasteiger partial charge in [0.25, 0.3) is 0 Å². The van der Waals surface area contributed by atoms with Gasteiger partial charge < -0.3 is 14.7 Å². The van der Waals surface area contributed by atoms with Gasteiger partial charge in [-0.15, -0.1) is 0 Å². The molecular formula is C15H28N2O5S. The van der Waals surface area contributed by atoms with Gasteiger partial charge in [-0.05, 0) is 33.6 Å². The standard InChI is InChI=1S/C15H28N2O5S/c1-14(2,3)22-13(18)17-6-4-15(19,5-7-17)12-16-8-10-23(20,21)11-9-16/h19H,4-12H2,1-3H3. The van der Waals surface area contributed by atoms with Gasteiger partial charge >= 0.3 is 6.09 Å². The Morgan fingerprint density at radius 1 is 1.13 bits per heavy atom. The van der Waals surface area contributed by atoms with Crippen molar-refractivity contribution in [3.8, 4) is 0 Å². The predicted molar refractivity (Wildman–Crippen MR) is 87.1 cm³/mol. The lowest BCUT2D eigenvalue weighted by Crippen LogP contribution is -2.54. The van der Waals surface area contributed by atoms with E-state index in [2.05, 4.69) is 0 Å². The van der Waals surface area contributed by atoms with Crippen molar-refractivity contribution in [2.45, 2.75) is 44.8 Å². The molecule has 7 nitrogen and oxygen atoms in total. The Morgan fingerprint density at radius 2 is 1.65 bits per heavy atom. The van der Waals surface area contributed by atoms with Crippen molar-refractivity contribution in [1.29, 1.82) is 0 Å². The van der Waals surface area contributed by atoms with Gasteiger partial charge in [0.15, 0.2) is 9.84 Å². The maximum absolute atomic E-state index is 12.0. The lowest BCUT2D eigenvalue weighted by atomic mass is 9.91. The van der Waals surface area contributed by atoms with E-state index in [1.807, 2.05) is 25.7 Å². The molecule has 2 aliphatic heterocycles. The first-order valence-corrected chi connectivity index (χ1v) is 9.93. The van der Waals surface area contributed by atoms with Crippen LogP contribution in [-0.4, -0.2) is 84.8 Å². The van der Waals surface area contributed by atoms with Gasteiger partial charge in [0.2, 0.25) is 0 Å². The lowest BCUT2D eigenvalue weighted by molar-refractivity contribution is -0.0490. The molecule has 0 bridgehead atoms. The van der Waals surface area contributed by atoms with Crippen LogP contribution in [0, 0.1) is 0 Å². The molecule has 134 valence electrons. The van der Waals surface area contributed by atoms with E-state index in [0.717, 1.165) is 0 Å². The second-order valence-corrected chi connectivity index (χ2v) is 9.92. The molecule has 0 atom stereocenters. The molecule has 2 rings (SSSR count). The SMILES string of the molecule is CC(C)(C)OC(=O)N1CCC(O)(CN2CCS(=O)(=O)CC2)CC1. The van der Waals surface area contributed by atoms with Crippen LogP contribution >= 0.6 is 0 Å². The zero-order valence-corrected chi connectivity index (χ0v) is 15.1. The van der Waals surface area contributed by atoms with Gasteiger partial charge in [-0.1, -0.05) is 0 Å². The van der Waals surface area contributed by atoms with Crippen molar-refractivity contribution < 1.29 is 23.1 Å². The number of piperidine rings is 1. The van der Waals surface area contributed by atoms with Gasteiger partial charge in [0.1, 0.15) is 5.60 Å². The molecule has 0 saturated carbocycles. The third-order valence-corrected chi connectivity index (χ3v) is 5.91. The quantitative estimate of drug-likeness (QED) is 0.781. The van der Waals surface area contributed by atoms with Crippen molar-refractivity contribution in [3.63, 3.8) is 0 Å². The molecule has 2 fully saturated rings. The normalized spacial score (nSPS) is 25.1. The van der Waals surface area contributed by atoms with E-state index in [9.17, 15) is 18.3 Å². The molecule has 1 amide bonds. The molecule has 0 aliphatic carbocycles. The van der Waals surface area contributed by atoms with E-state index in [1.54, 1.807) is 4.90 Å². The van der Waals surface area contributed by atoms with Crippen LogP contribution < -0.4 is 0 Å². The average Bonchev–Trinajstić information content (AvgIpc) is 2.40. The highest BCUT2D eigenvalue weighted by Crippen LogP contribution is 2.25. The molecular weight excluding hydrogens is 320 g/mol. The zero-order chi connectivity index (χ0) is 17.3. The minimum atomic E-state index is -2.91. The monoisotopic (exact) mass is 348 g/mol. The molecule has 0 spiro atoms. The van der Waals surface area contributed by atoms with E-state index in [0.29, 0.717) is 45.6 Å². The predicted octanol–water partition coefficient (Wildman–Crippen LogP) is 0.479. The van der Waals surface area contributed by atoms with E-state index < -0.39 is 21.0 Å². The summed E-state index contributed by atoms with van der Waals surface area (Å²) >= 11 is 0. The highest BCUT2D eigenvalue weighted by Gasteiger charge is 2.37. The van der Waals surface area contributed by atoms with Crippen molar-refractivity contribution in [2.75, 3.05) is 44.2 Å². The van der Waals surface area contributed by atoms with Crippen molar-refractivity contribution in [1.82, 2.24) is 9.80 Å². The van der Waals surface area contributed by atoms with Crippen LogP contribution in [0.25, 0.3) is 0 Å². The molecule has 0 aromatic heterocycles. The molecule has 2 aliphatic rings. The van der Waals surface area contributed by atoms with Gasteiger partial charge in [0, 0.05) is 32.7 Å². The summed E-state index contributed by atoms with van der Waals surface area (Å²) in [5, 5.41) is 10.7. The van der Waals surface area contributed by atoms with Gasteiger partial charge in [-0.2, -0.15) is 0 Å². The van der Waals surface area contributed by atoms with Crippen LogP contribution in [-0.2, 0) is 14.6 Å². The van der Waals surface area contributed by atoms with Gasteiger partial charge in [-0.25, -0.2) is 13.2 Å². The molecule has 1 N–H and O–H groups in total. The number of rotatable bonds is 2. The van der Waals surface area contributed by atoms with Gasteiger partial charge in [0.05, 0.1) is 17.1 Å². The van der Waals surface area contributed by atoms with Crippen LogP contribution in [0.15, 0.2) is 0 Å². The first-order valence-electron chi connectivity index (χ1n) is 8.11. The molecule has 8 heteroatoms. The summed E-state index contributed by atoms with van der Waals surface area (Å²) in [4.78, 5) is 15.7. The topological polar surface area (TPSA) is 87.2 Å². The summed E-state index contributed by atoms with van der Waals surface area (Å²) < 4.78 is 28.3. The molecule has 23 heavy (non-hydrogen) atoms. The number of hydrogen-bond donors (Lipinski definition) is 1. The Bertz CT molecular complexity index is 519. The minimum Gasteiger partial charge on any atom is -0.444 e. The minimum absolute atomic E-state index is 0.160. The average molecular weight is 348 g/mol. The number of ether oxygens (including phenoxy) is 1. The van der Waals surface area contributed by atoms with Gasteiger partial charge in [-0.3, -0.25) is 4.90 Å². The number of sulfone groups is 1. The fraction of sp³-hybridized carbons (Fsp3) is 0.933. The van der Waals surface area contributed by atoms with Crippen molar-refractivity contribution in [3.05, 3.63) is 0 Å². The first-order chi connectivity index (χ1) is 10.5. The van der Waals surface area contributed by atoms with Crippen LogP contribution in [0.2, 0.25) is 0 Å². The Labute approximate surface area is 138 Å². The third kappa shape index (κ3) is 5.61. The second kappa shape index (κ2) is 6.57. The van der Waals surface area contributed by atoms with Crippen molar-refractivity contribution in [2.24, 2.45) is 0 Å². The van der Waals surface area contributed by atoms with Crippen LogP contribution in [0.5, 0.6) is 0 Å². The van der Waals surface area contributed by atoms with E-state index in [1.165, 1.54) is 0 Å². The number of β-amino-alcohol motifs (C(OH)–C–C–N with tert-alkyl or cyclic N) is 1. The Kier molecular flexibility index (Phi) is 5.27. The highest BCUT2D eigenvalue weighted by atomic mass is 32.2. The number of likely N-dealkylation sites (tertiary alicyclic amines) is 1. The van der Waals surface area contributed by atoms with E-state index in [4.69, 9.17) is 4.74 Å². The summed E-state index contributed by atoms with van der Waals surface area (Å²) in [5.74, 6) is 0.320. The summed E-state index contributed by atoms with van der Waals surface area (Å²) in [6.07, 6.45) is 0.619. The molecule has 0 unspecified atom stereocenters. The maximum atomic E-state index is 12.0. The second-order valence-electron chi connectivity index (χ2n) is 7.62. The van der Waals surface area contributed by atoms with Crippen molar-refractivity contribution >= 4 is 15.9 Å². The fourth-order valence-corrected chi connectivity index (χ4v) is 4.19. The Hall–Kier alpha value is -0.860. The van der Waals surface area contributed by atoms with Crippen LogP contribution in [0.1, 0.15) is 33.6 Å². The number of nitrogens with zero attached hydrogens (tertiary/aromatic N) is 2. The van der Waals surface area contributed by atoms with Crippen LogP contribution in [0.4, 0.5) is 4.79 Å². The molecule has 2 heterocycles. The molecule has 0 aromatic carbocycles. The molecule has 0 aromatic rings. The summed E-state index contributed by atoms with van der Waals surface area (Å²) in [5.41, 5.74) is -1.39. The maximum Gasteiger partial charge on any atom is 0.410 e. The summed E-state index contributed by atoms with van der Waals surface area (Å²) in [6, 6.07) is 0. The first kappa shape index (κ1) is 18.5. The highest BCUT2D eigenvalue weighted by molar-refractivity contribution is 7.91. The van der Waals surface area contributed by atoms with E-state index in [-0.39, 0.29) is 17.6 Å². The Balaban J connectivity index is 1.82. The fourth-order valence-electron chi connectivity index (χ4n) is 2.91. The largest absolute Gasteiger partial charge is 0.444 e. The lowest BCUT2D eigenvalue weighted by Gasteiger charge is -2.41. The van der Waals surface area contributed by atoms with E-state index >= 15 is 0 Å². The number of amides is 1. The number of carbonyl (C=O) groups is 1. The smallest absolute Gasteiger partial charge is 0.410 e. The summed E-state index contributed by atoms with van der Waals surface area (Å²) in [7, 11) is -2.91. The van der Waals surface area contributed by atoms with Crippen LogP contribution in [0.3, 0.4) is 0 Å². The molecule has 2 saturated heterocycles. The number of hydrogen-bond acceptors (Lipinski definition) is 6.